The molecule has 1 atom stereocenters. The molecule has 7 heteroatoms. The first-order valence-corrected chi connectivity index (χ1v) is 7.82. The smallest absolute Gasteiger partial charge is 0.330 e. The van der Waals surface area contributed by atoms with Crippen LogP contribution in [-0.4, -0.2) is 40.0 Å². The average Bonchev–Trinajstić information content (AvgIpc) is 3.15. The number of amides is 1. The molecule has 1 aromatic heterocycles. The van der Waals surface area contributed by atoms with Gasteiger partial charge in [0, 0.05) is 19.3 Å². The molecule has 1 aromatic carbocycles. The summed E-state index contributed by atoms with van der Waals surface area (Å²) in [6, 6.07) is 8.93. The molecule has 0 bridgehead atoms. The van der Waals surface area contributed by atoms with Gasteiger partial charge in [0.25, 0.3) is 5.91 Å². The number of carbonyl (C=O) groups excluding carboxylic acids is 1. The third-order valence-corrected chi connectivity index (χ3v) is 3.92. The molecule has 1 amide bonds. The number of carboxylic acids is 1. The Hall–Kier alpha value is -2.96. The summed E-state index contributed by atoms with van der Waals surface area (Å²) in [5.41, 5.74) is 0.668. The molecule has 1 aliphatic heterocycles. The van der Waals surface area contributed by atoms with Crippen molar-refractivity contribution in [1.82, 2.24) is 15.3 Å². The molecule has 0 aliphatic carbocycles. The van der Waals surface area contributed by atoms with Crippen molar-refractivity contribution in [2.75, 3.05) is 18.0 Å². The first kappa shape index (κ1) is 15.9. The van der Waals surface area contributed by atoms with Gasteiger partial charge in [-0.05, 0) is 24.5 Å². The van der Waals surface area contributed by atoms with Crippen LogP contribution in [0.1, 0.15) is 34.9 Å². The Balaban J connectivity index is 1.78. The minimum Gasteiger partial charge on any atom is -0.479 e. The van der Waals surface area contributed by atoms with E-state index in [4.69, 9.17) is 0 Å². The van der Waals surface area contributed by atoms with Crippen LogP contribution >= 0.6 is 0 Å². The van der Waals surface area contributed by atoms with E-state index in [0.717, 1.165) is 25.9 Å². The largest absolute Gasteiger partial charge is 0.479 e. The Labute approximate surface area is 139 Å². The van der Waals surface area contributed by atoms with E-state index < -0.39 is 17.9 Å². The molecule has 2 N–H and O–H groups in total. The second kappa shape index (κ2) is 7.08. The van der Waals surface area contributed by atoms with Crippen LogP contribution < -0.4 is 10.2 Å². The van der Waals surface area contributed by atoms with Gasteiger partial charge in [-0.25, -0.2) is 14.8 Å². The quantitative estimate of drug-likeness (QED) is 0.867. The van der Waals surface area contributed by atoms with Gasteiger partial charge in [-0.3, -0.25) is 4.79 Å². The number of rotatable bonds is 5. The van der Waals surface area contributed by atoms with Crippen LogP contribution in [0.15, 0.2) is 42.6 Å². The summed E-state index contributed by atoms with van der Waals surface area (Å²) in [5, 5.41) is 11.9. The SMILES string of the molecule is O=C(N[C@@H](C(=O)O)c1ccccc1)c1ccnc(N2CCCC2)n1. The van der Waals surface area contributed by atoms with E-state index in [1.54, 1.807) is 30.3 Å². The highest BCUT2D eigenvalue weighted by atomic mass is 16.4. The summed E-state index contributed by atoms with van der Waals surface area (Å²) < 4.78 is 0. The van der Waals surface area contributed by atoms with Gasteiger partial charge >= 0.3 is 5.97 Å². The molecule has 24 heavy (non-hydrogen) atoms. The first-order valence-electron chi connectivity index (χ1n) is 7.82. The Morgan fingerprint density at radius 2 is 1.83 bits per heavy atom. The number of nitrogens with one attached hydrogen (secondary N) is 1. The van der Waals surface area contributed by atoms with Crippen molar-refractivity contribution < 1.29 is 14.7 Å². The van der Waals surface area contributed by atoms with Crippen LogP contribution in [0.25, 0.3) is 0 Å². The first-order chi connectivity index (χ1) is 11.6. The van der Waals surface area contributed by atoms with Crippen molar-refractivity contribution in [3.05, 3.63) is 53.9 Å². The number of benzene rings is 1. The van der Waals surface area contributed by atoms with Gasteiger partial charge < -0.3 is 15.3 Å². The molecule has 2 aromatic rings. The number of carboxylic acid groups (broad SMARTS) is 1. The summed E-state index contributed by atoms with van der Waals surface area (Å²) in [6.45, 7) is 1.74. The number of nitrogens with zero attached hydrogens (tertiary/aromatic N) is 3. The van der Waals surface area contributed by atoms with Gasteiger partial charge in [-0.2, -0.15) is 0 Å². The van der Waals surface area contributed by atoms with Crippen LogP contribution in [-0.2, 0) is 4.79 Å². The Bertz CT molecular complexity index is 730. The number of aliphatic carboxylic acids is 1. The second-order valence-corrected chi connectivity index (χ2v) is 5.59. The normalized spacial score (nSPS) is 15.1. The van der Waals surface area contributed by atoms with Gasteiger partial charge in [0.15, 0.2) is 6.04 Å². The fourth-order valence-corrected chi connectivity index (χ4v) is 2.68. The topological polar surface area (TPSA) is 95.4 Å². The summed E-state index contributed by atoms with van der Waals surface area (Å²) in [5.74, 6) is -1.15. The van der Waals surface area contributed by atoms with E-state index in [2.05, 4.69) is 15.3 Å². The van der Waals surface area contributed by atoms with Gasteiger partial charge in [0.05, 0.1) is 0 Å². The summed E-state index contributed by atoms with van der Waals surface area (Å²) in [4.78, 5) is 34.4. The van der Waals surface area contributed by atoms with Gasteiger partial charge in [-0.1, -0.05) is 30.3 Å². The maximum absolute atomic E-state index is 12.4. The zero-order chi connectivity index (χ0) is 16.9. The van der Waals surface area contributed by atoms with Crippen molar-refractivity contribution in [1.29, 1.82) is 0 Å². The molecule has 1 fully saturated rings. The molecule has 3 rings (SSSR count). The number of carbonyl (C=O) groups is 2. The molecular formula is C17H18N4O3. The molecule has 0 radical (unpaired) electrons. The van der Waals surface area contributed by atoms with Crippen LogP contribution in [0.2, 0.25) is 0 Å². The highest BCUT2D eigenvalue weighted by Crippen LogP contribution is 2.16. The van der Waals surface area contributed by atoms with Crippen LogP contribution in [0.4, 0.5) is 5.95 Å². The molecule has 124 valence electrons. The fourth-order valence-electron chi connectivity index (χ4n) is 2.68. The van der Waals surface area contributed by atoms with E-state index >= 15 is 0 Å². The monoisotopic (exact) mass is 326 g/mol. The number of hydrogen-bond donors (Lipinski definition) is 2. The molecule has 7 nitrogen and oxygen atoms in total. The zero-order valence-corrected chi connectivity index (χ0v) is 13.1. The van der Waals surface area contributed by atoms with Crippen LogP contribution in [0.3, 0.4) is 0 Å². The van der Waals surface area contributed by atoms with E-state index in [-0.39, 0.29) is 5.69 Å². The van der Waals surface area contributed by atoms with Gasteiger partial charge in [-0.15, -0.1) is 0 Å². The third kappa shape index (κ3) is 3.51. The van der Waals surface area contributed by atoms with Crippen LogP contribution in [0, 0.1) is 0 Å². The summed E-state index contributed by atoms with van der Waals surface area (Å²) in [7, 11) is 0. The molecule has 1 saturated heterocycles. The fraction of sp³-hybridized carbons (Fsp3) is 0.294. The maximum atomic E-state index is 12.4. The summed E-state index contributed by atoms with van der Waals surface area (Å²) in [6.07, 6.45) is 3.68. The molecule has 2 heterocycles. The lowest BCUT2D eigenvalue weighted by Gasteiger charge is -2.17. The van der Waals surface area contributed by atoms with Crippen molar-refractivity contribution in [3.8, 4) is 0 Å². The van der Waals surface area contributed by atoms with E-state index in [1.165, 1.54) is 12.3 Å². The standard InChI is InChI=1S/C17H18N4O3/c22-15(20-14(16(23)24)12-6-2-1-3-7-12)13-8-9-18-17(19-13)21-10-4-5-11-21/h1-3,6-9,14H,4-5,10-11H2,(H,20,22)(H,23,24)/t14-/m1/s1. The molecular weight excluding hydrogens is 308 g/mol. The zero-order valence-electron chi connectivity index (χ0n) is 13.1. The van der Waals surface area contributed by atoms with Crippen molar-refractivity contribution in [3.63, 3.8) is 0 Å². The number of anilines is 1. The minimum absolute atomic E-state index is 0.161. The lowest BCUT2D eigenvalue weighted by atomic mass is 10.1. The van der Waals surface area contributed by atoms with Gasteiger partial charge in [0.2, 0.25) is 5.95 Å². The number of aromatic nitrogens is 2. The molecule has 0 unspecified atom stereocenters. The Kier molecular flexibility index (Phi) is 4.69. The predicted molar refractivity (Wildman–Crippen MR) is 87.8 cm³/mol. The van der Waals surface area contributed by atoms with Crippen molar-refractivity contribution >= 4 is 17.8 Å². The van der Waals surface area contributed by atoms with E-state index in [1.807, 2.05) is 4.90 Å². The summed E-state index contributed by atoms with van der Waals surface area (Å²) >= 11 is 0. The molecule has 1 aliphatic rings. The van der Waals surface area contributed by atoms with Crippen LogP contribution in [0.5, 0.6) is 0 Å². The maximum Gasteiger partial charge on any atom is 0.330 e. The minimum atomic E-state index is -1.12. The number of hydrogen-bond acceptors (Lipinski definition) is 5. The lowest BCUT2D eigenvalue weighted by molar-refractivity contribution is -0.139. The lowest BCUT2D eigenvalue weighted by Crippen LogP contribution is -2.34. The third-order valence-electron chi connectivity index (χ3n) is 3.92. The highest BCUT2D eigenvalue weighted by molar-refractivity contribution is 5.95. The average molecular weight is 326 g/mol. The Morgan fingerprint density at radius 1 is 1.12 bits per heavy atom. The highest BCUT2D eigenvalue weighted by Gasteiger charge is 2.24. The second-order valence-electron chi connectivity index (χ2n) is 5.59. The molecule has 0 spiro atoms. The van der Waals surface area contributed by atoms with Gasteiger partial charge in [0.1, 0.15) is 5.69 Å². The molecule has 0 saturated carbocycles. The predicted octanol–water partition coefficient (Wildman–Crippen LogP) is 1.63. The van der Waals surface area contributed by atoms with E-state index in [9.17, 15) is 14.7 Å². The van der Waals surface area contributed by atoms with E-state index in [0.29, 0.717) is 11.5 Å². The Morgan fingerprint density at radius 3 is 2.50 bits per heavy atom. The van der Waals surface area contributed by atoms with Crippen molar-refractivity contribution in [2.45, 2.75) is 18.9 Å². The van der Waals surface area contributed by atoms with Crippen molar-refractivity contribution in [2.24, 2.45) is 0 Å².